The molecule has 0 aromatic heterocycles. The Bertz CT molecular complexity index is 346. The van der Waals surface area contributed by atoms with Crippen molar-refractivity contribution in [2.24, 2.45) is 0 Å². The van der Waals surface area contributed by atoms with Crippen LogP contribution in [0.15, 0.2) is 0 Å². The summed E-state index contributed by atoms with van der Waals surface area (Å²) in [6.07, 6.45) is 39.5. The molecule has 0 aromatic rings. The van der Waals surface area contributed by atoms with Gasteiger partial charge in [-0.2, -0.15) is 0 Å². The molecule has 0 aromatic carbocycles. The van der Waals surface area contributed by atoms with Gasteiger partial charge in [-0.25, -0.2) is 0 Å². The van der Waals surface area contributed by atoms with Crippen molar-refractivity contribution in [1.82, 2.24) is 5.32 Å². The van der Waals surface area contributed by atoms with Gasteiger partial charge >= 0.3 is 0 Å². The van der Waals surface area contributed by atoms with Crippen LogP contribution in [0.5, 0.6) is 0 Å². The van der Waals surface area contributed by atoms with Gasteiger partial charge in [0.15, 0.2) is 0 Å². The van der Waals surface area contributed by atoms with Crippen LogP contribution >= 0.6 is 0 Å². The fraction of sp³-hybridized carbons (Fsp3) is 1.00. The molecule has 0 aliphatic rings. The first kappa shape index (κ1) is 33.9. The predicted octanol–water partition coefficient (Wildman–Crippen LogP) is 10.9. The minimum absolute atomic E-state index is 0.302. The molecule has 0 rings (SSSR count). The number of rotatable bonds is 30. The molecular formula is C32H67NO. The maximum absolute atomic E-state index is 9.44. The van der Waals surface area contributed by atoms with E-state index in [1.165, 1.54) is 173 Å². The monoisotopic (exact) mass is 482 g/mol. The summed E-state index contributed by atoms with van der Waals surface area (Å²) >= 11 is 0. The fourth-order valence-corrected chi connectivity index (χ4v) is 5.03. The molecule has 2 N–H and O–H groups in total. The molecule has 0 saturated heterocycles. The highest BCUT2D eigenvalue weighted by Gasteiger charge is 1.98. The first-order valence-corrected chi connectivity index (χ1v) is 16.2. The second-order valence-electron chi connectivity index (χ2n) is 11.1. The van der Waals surface area contributed by atoms with Crippen LogP contribution in [0.4, 0.5) is 0 Å². The van der Waals surface area contributed by atoms with E-state index < -0.39 is 0 Å². The molecular weight excluding hydrogens is 414 g/mol. The summed E-state index contributed by atoms with van der Waals surface area (Å²) in [6, 6.07) is 0. The van der Waals surface area contributed by atoms with E-state index in [9.17, 15) is 5.11 Å². The van der Waals surface area contributed by atoms with Crippen LogP contribution in [0.1, 0.15) is 194 Å². The lowest BCUT2D eigenvalue weighted by Crippen LogP contribution is -2.28. The summed E-state index contributed by atoms with van der Waals surface area (Å²) in [5.41, 5.74) is 0. The van der Waals surface area contributed by atoms with E-state index in [0.717, 1.165) is 13.0 Å². The van der Waals surface area contributed by atoms with Gasteiger partial charge in [0, 0.05) is 0 Å². The highest BCUT2D eigenvalue weighted by Crippen LogP contribution is 2.16. The molecule has 0 saturated carbocycles. The molecule has 206 valence electrons. The average Bonchev–Trinajstić information content (AvgIpc) is 2.85. The third-order valence-corrected chi connectivity index (χ3v) is 7.55. The second-order valence-corrected chi connectivity index (χ2v) is 11.1. The second kappa shape index (κ2) is 31.0. The molecule has 0 aliphatic carbocycles. The largest absolute Gasteiger partial charge is 0.379 e. The van der Waals surface area contributed by atoms with Gasteiger partial charge in [-0.1, -0.05) is 181 Å². The van der Waals surface area contributed by atoms with Gasteiger partial charge in [-0.3, -0.25) is 5.32 Å². The number of hydrogen-bond acceptors (Lipinski definition) is 2. The van der Waals surface area contributed by atoms with E-state index in [4.69, 9.17) is 0 Å². The van der Waals surface area contributed by atoms with E-state index in [0.29, 0.717) is 0 Å². The van der Waals surface area contributed by atoms with Crippen LogP contribution in [0, 0.1) is 0 Å². The molecule has 0 amide bonds. The molecule has 0 spiro atoms. The molecule has 0 heterocycles. The van der Waals surface area contributed by atoms with Crippen LogP contribution in [0.2, 0.25) is 0 Å². The van der Waals surface area contributed by atoms with Crippen molar-refractivity contribution < 1.29 is 5.11 Å². The number of hydrogen-bond donors (Lipinski definition) is 2. The first-order chi connectivity index (χ1) is 16.8. The van der Waals surface area contributed by atoms with Crippen LogP contribution in [0.3, 0.4) is 0 Å². The molecule has 1 atom stereocenters. The van der Waals surface area contributed by atoms with Gasteiger partial charge in [-0.15, -0.1) is 0 Å². The number of aliphatic hydroxyl groups excluding tert-OH is 1. The molecule has 0 fully saturated rings. The van der Waals surface area contributed by atoms with Gasteiger partial charge in [0.25, 0.3) is 0 Å². The van der Waals surface area contributed by atoms with E-state index in [-0.39, 0.29) is 6.23 Å². The molecule has 0 bridgehead atoms. The maximum atomic E-state index is 9.44. The number of unbranched alkanes of at least 4 members (excludes halogenated alkanes) is 26. The lowest BCUT2D eigenvalue weighted by molar-refractivity contribution is 0.133. The minimum Gasteiger partial charge on any atom is -0.379 e. The standard InChI is InChI=1S/C32H67NO/c1-3-5-6-7-8-9-10-11-12-13-14-15-16-17-18-19-20-21-22-23-24-25-26-27-28-29-30-31-33-32(34)4-2/h32-34H,3-31H2,1-2H3. The highest BCUT2D eigenvalue weighted by molar-refractivity contribution is 4.54. The molecule has 1 unspecified atom stereocenters. The number of nitrogens with one attached hydrogen (secondary N) is 1. The third-order valence-electron chi connectivity index (χ3n) is 7.55. The van der Waals surface area contributed by atoms with Gasteiger partial charge in [-0.05, 0) is 19.4 Å². The first-order valence-electron chi connectivity index (χ1n) is 16.2. The topological polar surface area (TPSA) is 32.3 Å². The van der Waals surface area contributed by atoms with Crippen molar-refractivity contribution in [3.63, 3.8) is 0 Å². The van der Waals surface area contributed by atoms with Gasteiger partial charge < -0.3 is 5.11 Å². The minimum atomic E-state index is -0.302. The Morgan fingerprint density at radius 3 is 0.853 bits per heavy atom. The van der Waals surface area contributed by atoms with Crippen LogP contribution in [0.25, 0.3) is 0 Å². The lowest BCUT2D eigenvalue weighted by atomic mass is 10.0. The van der Waals surface area contributed by atoms with E-state index in [2.05, 4.69) is 12.2 Å². The summed E-state index contributed by atoms with van der Waals surface area (Å²) in [4.78, 5) is 0. The fourth-order valence-electron chi connectivity index (χ4n) is 5.03. The Kier molecular flexibility index (Phi) is 30.9. The average molecular weight is 482 g/mol. The Labute approximate surface area is 216 Å². The highest BCUT2D eigenvalue weighted by atomic mass is 16.3. The summed E-state index contributed by atoms with van der Waals surface area (Å²) in [6.45, 7) is 5.28. The summed E-state index contributed by atoms with van der Waals surface area (Å²) in [5, 5.41) is 12.6. The number of aliphatic hydroxyl groups is 1. The Morgan fingerprint density at radius 1 is 0.382 bits per heavy atom. The van der Waals surface area contributed by atoms with Crippen molar-refractivity contribution in [1.29, 1.82) is 0 Å². The summed E-state index contributed by atoms with van der Waals surface area (Å²) in [5.74, 6) is 0. The summed E-state index contributed by atoms with van der Waals surface area (Å²) < 4.78 is 0. The van der Waals surface area contributed by atoms with E-state index in [1.807, 2.05) is 6.92 Å². The van der Waals surface area contributed by atoms with Crippen molar-refractivity contribution in [2.45, 2.75) is 200 Å². The quantitative estimate of drug-likeness (QED) is 0.0789. The molecule has 2 nitrogen and oxygen atoms in total. The van der Waals surface area contributed by atoms with Crippen molar-refractivity contribution in [3.8, 4) is 0 Å². The van der Waals surface area contributed by atoms with Crippen LogP contribution in [-0.2, 0) is 0 Å². The molecule has 0 radical (unpaired) electrons. The third kappa shape index (κ3) is 30.0. The van der Waals surface area contributed by atoms with Gasteiger partial charge in [0.05, 0.1) is 0 Å². The Morgan fingerprint density at radius 2 is 0.618 bits per heavy atom. The van der Waals surface area contributed by atoms with Crippen LogP contribution < -0.4 is 5.32 Å². The lowest BCUT2D eigenvalue weighted by Gasteiger charge is -2.09. The van der Waals surface area contributed by atoms with Crippen molar-refractivity contribution in [3.05, 3.63) is 0 Å². The molecule has 2 heteroatoms. The summed E-state index contributed by atoms with van der Waals surface area (Å²) in [7, 11) is 0. The zero-order chi connectivity index (χ0) is 24.8. The van der Waals surface area contributed by atoms with Crippen LogP contribution in [-0.4, -0.2) is 17.9 Å². The smallest absolute Gasteiger partial charge is 0.104 e. The van der Waals surface area contributed by atoms with Crippen molar-refractivity contribution >= 4 is 0 Å². The van der Waals surface area contributed by atoms with Gasteiger partial charge in [0.2, 0.25) is 0 Å². The Hall–Kier alpha value is -0.0800. The zero-order valence-electron chi connectivity index (χ0n) is 24.0. The molecule has 34 heavy (non-hydrogen) atoms. The van der Waals surface area contributed by atoms with Gasteiger partial charge in [0.1, 0.15) is 6.23 Å². The van der Waals surface area contributed by atoms with Crippen molar-refractivity contribution in [2.75, 3.05) is 6.54 Å². The van der Waals surface area contributed by atoms with E-state index >= 15 is 0 Å². The zero-order valence-corrected chi connectivity index (χ0v) is 24.0. The SMILES string of the molecule is CCCCCCCCCCCCCCCCCCCCCCCCCCCCCNC(O)CC. The normalized spacial score (nSPS) is 12.4. The van der Waals surface area contributed by atoms with E-state index in [1.54, 1.807) is 0 Å². The molecule has 0 aliphatic heterocycles. The maximum Gasteiger partial charge on any atom is 0.104 e. The predicted molar refractivity (Wildman–Crippen MR) is 155 cm³/mol. The Balaban J connectivity index is 3.02.